The van der Waals surface area contributed by atoms with Gasteiger partial charge >= 0.3 is 5.97 Å². The molecule has 1 rings (SSSR count). The highest BCUT2D eigenvalue weighted by molar-refractivity contribution is 7.99. The minimum Gasteiger partial charge on any atom is -0.481 e. The third-order valence-corrected chi connectivity index (χ3v) is 4.34. The van der Waals surface area contributed by atoms with Crippen molar-refractivity contribution in [3.05, 3.63) is 29.8 Å². The number of nitrogens with one attached hydrogen (secondary N) is 1. The number of benzene rings is 1. The topological polar surface area (TPSA) is 101 Å². The molecule has 1 aromatic carbocycles. The van der Waals surface area contributed by atoms with E-state index in [9.17, 15) is 18.0 Å². The Kier molecular flexibility index (Phi) is 6.03. The minimum atomic E-state index is -3.35. The van der Waals surface area contributed by atoms with E-state index in [1.165, 1.54) is 36.0 Å². The van der Waals surface area contributed by atoms with Crippen molar-refractivity contribution in [2.24, 2.45) is 0 Å². The Labute approximate surface area is 121 Å². The lowest BCUT2D eigenvalue weighted by atomic mass is 10.2. The molecule has 0 saturated carbocycles. The first-order valence-electron chi connectivity index (χ1n) is 5.68. The normalized spacial score (nSPS) is 11.1. The molecule has 8 heteroatoms. The first kappa shape index (κ1) is 16.5. The van der Waals surface area contributed by atoms with Crippen molar-refractivity contribution >= 4 is 33.5 Å². The lowest BCUT2D eigenvalue weighted by Gasteiger charge is -2.06. The maximum atomic E-state index is 11.8. The fourth-order valence-electron chi connectivity index (χ4n) is 1.37. The summed E-state index contributed by atoms with van der Waals surface area (Å²) in [6, 6.07) is 5.77. The molecule has 110 valence electrons. The Balaban J connectivity index is 2.54. The third-order valence-electron chi connectivity index (χ3n) is 2.28. The zero-order chi connectivity index (χ0) is 15.2. The van der Waals surface area contributed by atoms with Gasteiger partial charge in [-0.3, -0.25) is 9.59 Å². The van der Waals surface area contributed by atoms with Gasteiger partial charge in [0.1, 0.15) is 0 Å². The number of aliphatic carboxylic acids is 1. The molecule has 2 N–H and O–H groups in total. The standard InChI is InChI=1S/C12H15NO5S2/c1-20(17,18)10-4-2-3-9(7-10)12(16)13-5-6-19-8-11(14)15/h2-4,7H,5-6,8H2,1H3,(H,13,16)(H,14,15). The van der Waals surface area contributed by atoms with Crippen molar-refractivity contribution < 1.29 is 23.1 Å². The van der Waals surface area contributed by atoms with Crippen LogP contribution in [-0.2, 0) is 14.6 Å². The lowest BCUT2D eigenvalue weighted by molar-refractivity contribution is -0.133. The fraction of sp³-hybridized carbons (Fsp3) is 0.333. The van der Waals surface area contributed by atoms with Crippen LogP contribution in [0.1, 0.15) is 10.4 Å². The van der Waals surface area contributed by atoms with Crippen LogP contribution in [0.3, 0.4) is 0 Å². The number of carboxylic acids is 1. The lowest BCUT2D eigenvalue weighted by Crippen LogP contribution is -2.26. The molecule has 0 radical (unpaired) electrons. The second-order valence-electron chi connectivity index (χ2n) is 4.00. The van der Waals surface area contributed by atoms with E-state index >= 15 is 0 Å². The molecule has 0 spiro atoms. The number of sulfone groups is 1. The van der Waals surface area contributed by atoms with Gasteiger partial charge in [-0.25, -0.2) is 8.42 Å². The van der Waals surface area contributed by atoms with Gasteiger partial charge in [-0.1, -0.05) is 6.07 Å². The zero-order valence-electron chi connectivity index (χ0n) is 10.8. The summed E-state index contributed by atoms with van der Waals surface area (Å²) in [5.74, 6) is -0.822. The molecule has 0 aliphatic heterocycles. The number of thioether (sulfide) groups is 1. The van der Waals surface area contributed by atoms with Crippen LogP contribution >= 0.6 is 11.8 Å². The molecule has 1 amide bonds. The molecular weight excluding hydrogens is 302 g/mol. The summed E-state index contributed by atoms with van der Waals surface area (Å²) in [5, 5.41) is 11.0. The smallest absolute Gasteiger partial charge is 0.313 e. The third kappa shape index (κ3) is 5.62. The van der Waals surface area contributed by atoms with Gasteiger partial charge in [-0.2, -0.15) is 0 Å². The number of carbonyl (C=O) groups is 2. The fourth-order valence-corrected chi connectivity index (χ4v) is 2.60. The first-order chi connectivity index (χ1) is 9.30. The number of hydrogen-bond donors (Lipinski definition) is 2. The Bertz CT molecular complexity index is 598. The summed E-state index contributed by atoms with van der Waals surface area (Å²) < 4.78 is 22.8. The molecule has 20 heavy (non-hydrogen) atoms. The van der Waals surface area contributed by atoms with Crippen LogP contribution < -0.4 is 5.32 Å². The molecule has 6 nitrogen and oxygen atoms in total. The van der Waals surface area contributed by atoms with Crippen LogP contribution in [0.5, 0.6) is 0 Å². The Morgan fingerprint density at radius 1 is 1.35 bits per heavy atom. The number of hydrogen-bond acceptors (Lipinski definition) is 5. The van der Waals surface area contributed by atoms with Crippen molar-refractivity contribution in [1.82, 2.24) is 5.32 Å². The maximum Gasteiger partial charge on any atom is 0.313 e. The molecule has 0 unspecified atom stereocenters. The predicted octanol–water partition coefficient (Wildman–Crippen LogP) is 0.638. The Morgan fingerprint density at radius 2 is 2.05 bits per heavy atom. The molecule has 0 aromatic heterocycles. The van der Waals surface area contributed by atoms with Crippen LogP contribution in [-0.4, -0.2) is 49.7 Å². The van der Waals surface area contributed by atoms with Crippen LogP contribution in [0.25, 0.3) is 0 Å². The van der Waals surface area contributed by atoms with Gasteiger partial charge in [-0.15, -0.1) is 11.8 Å². The van der Waals surface area contributed by atoms with Gasteiger partial charge in [0, 0.05) is 24.1 Å². The average Bonchev–Trinajstić information content (AvgIpc) is 2.37. The van der Waals surface area contributed by atoms with Crippen molar-refractivity contribution in [3.8, 4) is 0 Å². The summed E-state index contributed by atoms with van der Waals surface area (Å²) in [5.41, 5.74) is 0.260. The summed E-state index contributed by atoms with van der Waals surface area (Å²) in [6.07, 6.45) is 1.08. The van der Waals surface area contributed by atoms with Crippen molar-refractivity contribution in [2.75, 3.05) is 24.3 Å². The van der Waals surface area contributed by atoms with Crippen molar-refractivity contribution in [3.63, 3.8) is 0 Å². The molecule has 0 aliphatic carbocycles. The molecule has 0 fully saturated rings. The van der Waals surface area contributed by atoms with E-state index in [4.69, 9.17) is 5.11 Å². The van der Waals surface area contributed by atoms with Gasteiger partial charge in [-0.05, 0) is 18.2 Å². The van der Waals surface area contributed by atoms with Gasteiger partial charge in [0.2, 0.25) is 0 Å². The molecule has 0 heterocycles. The zero-order valence-corrected chi connectivity index (χ0v) is 12.5. The second kappa shape index (κ2) is 7.30. The monoisotopic (exact) mass is 317 g/mol. The largest absolute Gasteiger partial charge is 0.481 e. The number of carboxylic acid groups (broad SMARTS) is 1. The van der Waals surface area contributed by atoms with Gasteiger partial charge in [0.15, 0.2) is 9.84 Å². The predicted molar refractivity (Wildman–Crippen MR) is 76.8 cm³/mol. The molecular formula is C12H15NO5S2. The van der Waals surface area contributed by atoms with E-state index in [2.05, 4.69) is 5.32 Å². The summed E-state index contributed by atoms with van der Waals surface area (Å²) in [7, 11) is -3.35. The molecule has 1 aromatic rings. The second-order valence-corrected chi connectivity index (χ2v) is 7.12. The highest BCUT2D eigenvalue weighted by atomic mass is 32.2. The van der Waals surface area contributed by atoms with E-state index in [1.54, 1.807) is 0 Å². The molecule has 0 bridgehead atoms. The Hall–Kier alpha value is -1.54. The minimum absolute atomic E-state index is 0.0145. The number of amides is 1. The highest BCUT2D eigenvalue weighted by Crippen LogP contribution is 2.11. The molecule has 0 aliphatic rings. The average molecular weight is 317 g/mol. The maximum absolute atomic E-state index is 11.8. The van der Waals surface area contributed by atoms with E-state index < -0.39 is 15.8 Å². The molecule has 0 saturated heterocycles. The van der Waals surface area contributed by atoms with E-state index in [0.29, 0.717) is 12.3 Å². The van der Waals surface area contributed by atoms with Crippen molar-refractivity contribution in [1.29, 1.82) is 0 Å². The van der Waals surface area contributed by atoms with Crippen LogP contribution in [0.2, 0.25) is 0 Å². The summed E-state index contributed by atoms with van der Waals surface area (Å²) in [6.45, 7) is 0.319. The summed E-state index contributed by atoms with van der Waals surface area (Å²) >= 11 is 1.20. The SMILES string of the molecule is CS(=O)(=O)c1cccc(C(=O)NCCSCC(=O)O)c1. The first-order valence-corrected chi connectivity index (χ1v) is 8.73. The summed E-state index contributed by atoms with van der Waals surface area (Å²) in [4.78, 5) is 22.2. The van der Waals surface area contributed by atoms with E-state index in [-0.39, 0.29) is 22.1 Å². The van der Waals surface area contributed by atoms with Gasteiger partial charge in [0.25, 0.3) is 5.91 Å². The van der Waals surface area contributed by atoms with Crippen LogP contribution in [0, 0.1) is 0 Å². The van der Waals surface area contributed by atoms with Gasteiger partial charge in [0.05, 0.1) is 10.6 Å². The van der Waals surface area contributed by atoms with E-state index in [0.717, 1.165) is 6.26 Å². The highest BCUT2D eigenvalue weighted by Gasteiger charge is 2.11. The van der Waals surface area contributed by atoms with Crippen LogP contribution in [0.15, 0.2) is 29.2 Å². The van der Waals surface area contributed by atoms with Gasteiger partial charge < -0.3 is 10.4 Å². The van der Waals surface area contributed by atoms with Crippen molar-refractivity contribution in [2.45, 2.75) is 4.90 Å². The van der Waals surface area contributed by atoms with E-state index in [1.807, 2.05) is 0 Å². The van der Waals surface area contributed by atoms with Crippen LogP contribution in [0.4, 0.5) is 0 Å². The molecule has 0 atom stereocenters. The number of rotatable bonds is 7. The quantitative estimate of drug-likeness (QED) is 0.716. The Morgan fingerprint density at radius 3 is 2.65 bits per heavy atom. The number of carbonyl (C=O) groups excluding carboxylic acids is 1.